The number of fused-ring (bicyclic) bond motifs is 3. The molecule has 5 rings (SSSR count). The van der Waals surface area contributed by atoms with Crippen molar-refractivity contribution in [2.24, 2.45) is 0 Å². The Morgan fingerprint density at radius 1 is 0.828 bits per heavy atom. The van der Waals surface area contributed by atoms with Crippen LogP contribution in [-0.2, 0) is 0 Å². The second-order valence-electron chi connectivity index (χ2n) is 6.82. The fourth-order valence-corrected chi connectivity index (χ4v) is 3.51. The Balaban J connectivity index is 1.64. The number of imidazole rings is 1. The van der Waals surface area contributed by atoms with Gasteiger partial charge in [-0.25, -0.2) is 4.98 Å². The third-order valence-electron chi connectivity index (χ3n) is 4.99. The molecule has 0 bridgehead atoms. The van der Waals surface area contributed by atoms with Crippen LogP contribution in [0.1, 0.15) is 11.1 Å². The van der Waals surface area contributed by atoms with Crippen LogP contribution in [0, 0.1) is 0 Å². The number of rotatable bonds is 4. The molecule has 0 amide bonds. The molecule has 2 aromatic heterocycles. The number of benzene rings is 3. The molecule has 0 aliphatic carbocycles. The number of hydrogen-bond donors (Lipinski definition) is 0. The van der Waals surface area contributed by atoms with Crippen molar-refractivity contribution in [3.63, 3.8) is 0 Å². The molecule has 0 saturated carbocycles. The summed E-state index contributed by atoms with van der Waals surface area (Å²) in [5.41, 5.74) is 7.20. The summed E-state index contributed by atoms with van der Waals surface area (Å²) in [4.78, 5) is 9.14. The smallest absolute Gasteiger partial charge is 0.156 e. The summed E-state index contributed by atoms with van der Waals surface area (Å²) in [6.07, 6.45) is 7.92. The van der Waals surface area contributed by atoms with Crippen LogP contribution in [0.3, 0.4) is 0 Å². The molecular weight excluding hydrogens is 358 g/mol. The predicted octanol–water partition coefficient (Wildman–Crippen LogP) is 5.73. The summed E-state index contributed by atoms with van der Waals surface area (Å²) in [6.45, 7) is 0. The van der Waals surface area contributed by atoms with Gasteiger partial charge in [-0.1, -0.05) is 48.6 Å². The normalized spacial score (nSPS) is 11.5. The van der Waals surface area contributed by atoms with E-state index in [1.54, 1.807) is 13.3 Å². The van der Waals surface area contributed by atoms with E-state index in [2.05, 4.69) is 51.9 Å². The van der Waals surface area contributed by atoms with Crippen molar-refractivity contribution in [1.29, 1.82) is 0 Å². The third-order valence-corrected chi connectivity index (χ3v) is 4.99. The van der Waals surface area contributed by atoms with Gasteiger partial charge in [-0.3, -0.25) is 9.38 Å². The highest BCUT2D eigenvalue weighted by Crippen LogP contribution is 2.27. The maximum Gasteiger partial charge on any atom is 0.156 e. The lowest BCUT2D eigenvalue weighted by Gasteiger charge is -2.07. The number of hydrogen-bond acceptors (Lipinski definition) is 3. The van der Waals surface area contributed by atoms with Crippen LogP contribution in [0.5, 0.6) is 5.75 Å². The molecule has 140 valence electrons. The Morgan fingerprint density at radius 2 is 1.62 bits per heavy atom. The van der Waals surface area contributed by atoms with Crippen LogP contribution < -0.4 is 4.74 Å². The van der Waals surface area contributed by atoms with Crippen molar-refractivity contribution in [2.45, 2.75) is 0 Å². The molecule has 0 saturated heterocycles. The maximum atomic E-state index is 5.28. The van der Waals surface area contributed by atoms with Crippen molar-refractivity contribution in [3.8, 4) is 17.0 Å². The van der Waals surface area contributed by atoms with E-state index in [-0.39, 0.29) is 0 Å². The molecule has 0 unspecified atom stereocenters. The standard InChI is InChI=1S/C25H19N3O/c1-29-21-12-10-20(11-13-21)24-16-26-17-25-27-22-14-9-19(15-23(22)28(24)25)8-7-18-5-3-2-4-6-18/h2-17H,1H3/b8-7+. The molecule has 0 radical (unpaired) electrons. The zero-order valence-electron chi connectivity index (χ0n) is 16.0. The Morgan fingerprint density at radius 3 is 2.41 bits per heavy atom. The lowest BCUT2D eigenvalue weighted by molar-refractivity contribution is 0.415. The number of methoxy groups -OCH3 is 1. The molecule has 0 spiro atoms. The molecule has 29 heavy (non-hydrogen) atoms. The molecule has 0 aliphatic rings. The van der Waals surface area contributed by atoms with Crippen molar-refractivity contribution in [3.05, 3.63) is 96.3 Å². The summed E-state index contributed by atoms with van der Waals surface area (Å²) in [5, 5.41) is 0. The van der Waals surface area contributed by atoms with Crippen LogP contribution in [0.2, 0.25) is 0 Å². The molecule has 5 aromatic rings. The quantitative estimate of drug-likeness (QED) is 0.376. The summed E-state index contributed by atoms with van der Waals surface area (Å²) in [7, 11) is 1.67. The van der Waals surface area contributed by atoms with Gasteiger partial charge in [0.25, 0.3) is 0 Å². The van der Waals surface area contributed by atoms with Crippen LogP contribution in [-0.4, -0.2) is 21.5 Å². The van der Waals surface area contributed by atoms with E-state index >= 15 is 0 Å². The van der Waals surface area contributed by atoms with E-state index in [0.717, 1.165) is 39.3 Å². The van der Waals surface area contributed by atoms with Crippen LogP contribution in [0.4, 0.5) is 0 Å². The van der Waals surface area contributed by atoms with Crippen LogP contribution >= 0.6 is 0 Å². The van der Waals surface area contributed by atoms with Gasteiger partial charge >= 0.3 is 0 Å². The summed E-state index contributed by atoms with van der Waals surface area (Å²) in [5.74, 6) is 0.831. The van der Waals surface area contributed by atoms with Gasteiger partial charge in [0.15, 0.2) is 5.65 Å². The molecule has 0 N–H and O–H groups in total. The monoisotopic (exact) mass is 377 g/mol. The minimum absolute atomic E-state index is 0.831. The molecule has 0 aliphatic heterocycles. The van der Waals surface area contributed by atoms with E-state index in [9.17, 15) is 0 Å². The number of nitrogens with zero attached hydrogens (tertiary/aromatic N) is 3. The second-order valence-corrected chi connectivity index (χ2v) is 6.82. The predicted molar refractivity (Wildman–Crippen MR) is 118 cm³/mol. The highest BCUT2D eigenvalue weighted by atomic mass is 16.5. The van der Waals surface area contributed by atoms with Gasteiger partial charge in [0.05, 0.1) is 36.2 Å². The molecule has 4 heteroatoms. The first-order valence-corrected chi connectivity index (χ1v) is 9.45. The largest absolute Gasteiger partial charge is 0.497 e. The molecule has 0 atom stereocenters. The Kier molecular flexibility index (Phi) is 4.30. The van der Waals surface area contributed by atoms with Gasteiger partial charge in [-0.2, -0.15) is 0 Å². The molecule has 3 aromatic carbocycles. The highest BCUT2D eigenvalue weighted by molar-refractivity contribution is 5.86. The van der Waals surface area contributed by atoms with Gasteiger partial charge in [0, 0.05) is 5.56 Å². The summed E-state index contributed by atoms with van der Waals surface area (Å²) in [6, 6.07) is 24.6. The molecule has 0 fully saturated rings. The maximum absolute atomic E-state index is 5.28. The average molecular weight is 377 g/mol. The number of aromatic nitrogens is 3. The SMILES string of the molecule is COc1ccc(-c2cncc3nc4ccc(/C=C/c5ccccc5)cc4n23)cc1. The number of ether oxygens (including phenoxy) is 1. The van der Waals surface area contributed by atoms with Gasteiger partial charge in [-0.15, -0.1) is 0 Å². The first kappa shape index (κ1) is 17.2. The van der Waals surface area contributed by atoms with E-state index in [0.29, 0.717) is 0 Å². The lowest BCUT2D eigenvalue weighted by Crippen LogP contribution is -1.94. The van der Waals surface area contributed by atoms with E-state index in [1.165, 1.54) is 5.56 Å². The molecular formula is C25H19N3O. The third kappa shape index (κ3) is 3.25. The van der Waals surface area contributed by atoms with Crippen molar-refractivity contribution in [2.75, 3.05) is 7.11 Å². The van der Waals surface area contributed by atoms with Gasteiger partial charge in [-0.05, 0) is 47.5 Å². The first-order chi connectivity index (χ1) is 14.3. The topological polar surface area (TPSA) is 39.4 Å². The minimum Gasteiger partial charge on any atom is -0.497 e. The Bertz CT molecular complexity index is 1320. The van der Waals surface area contributed by atoms with Gasteiger partial charge in [0.1, 0.15) is 5.75 Å². The van der Waals surface area contributed by atoms with Gasteiger partial charge in [0.2, 0.25) is 0 Å². The van der Waals surface area contributed by atoms with E-state index in [4.69, 9.17) is 9.72 Å². The van der Waals surface area contributed by atoms with Crippen LogP contribution in [0.15, 0.2) is 85.2 Å². The van der Waals surface area contributed by atoms with E-state index < -0.39 is 0 Å². The summed E-state index contributed by atoms with van der Waals surface area (Å²) < 4.78 is 7.44. The second kappa shape index (κ2) is 7.24. The highest BCUT2D eigenvalue weighted by Gasteiger charge is 2.11. The van der Waals surface area contributed by atoms with E-state index in [1.807, 2.05) is 48.7 Å². The average Bonchev–Trinajstić information content (AvgIpc) is 3.16. The Labute approximate surface area is 168 Å². The minimum atomic E-state index is 0.831. The van der Waals surface area contributed by atoms with Gasteiger partial charge < -0.3 is 4.74 Å². The van der Waals surface area contributed by atoms with Crippen molar-refractivity contribution < 1.29 is 4.74 Å². The fourth-order valence-electron chi connectivity index (χ4n) is 3.51. The zero-order chi connectivity index (χ0) is 19.6. The lowest BCUT2D eigenvalue weighted by atomic mass is 10.1. The van der Waals surface area contributed by atoms with Crippen molar-refractivity contribution in [1.82, 2.24) is 14.4 Å². The summed E-state index contributed by atoms with van der Waals surface area (Å²) >= 11 is 0. The van der Waals surface area contributed by atoms with Crippen molar-refractivity contribution >= 4 is 28.8 Å². The zero-order valence-corrected chi connectivity index (χ0v) is 16.0. The fraction of sp³-hybridized carbons (Fsp3) is 0.0400. The Hall–Kier alpha value is -3.92. The van der Waals surface area contributed by atoms with Crippen LogP contribution in [0.25, 0.3) is 40.1 Å². The first-order valence-electron chi connectivity index (χ1n) is 9.45. The molecule has 2 heterocycles. The molecule has 4 nitrogen and oxygen atoms in total.